The number of phenolic OH excluding ortho intramolecular Hbond substituents is 1. The Morgan fingerprint density at radius 2 is 1.92 bits per heavy atom. The van der Waals surface area contributed by atoms with Crippen LogP contribution in [0.15, 0.2) is 42.5 Å². The minimum atomic E-state index is -1.50. The van der Waals surface area contributed by atoms with Crippen molar-refractivity contribution in [1.29, 1.82) is 5.41 Å². The van der Waals surface area contributed by atoms with Crippen LogP contribution in [0.5, 0.6) is 11.5 Å². The summed E-state index contributed by atoms with van der Waals surface area (Å²) in [5.74, 6) is -0.876. The molecule has 2 aromatic carbocycles. The SMILES string of the molecule is CCOc1cc(O)cc(C(C)(Nc2ccc(C(=N)N)cc2)C(=O)O)c1. The summed E-state index contributed by atoms with van der Waals surface area (Å²) in [6.07, 6.45) is 0. The zero-order valence-electron chi connectivity index (χ0n) is 14.0. The molecule has 0 aliphatic rings. The van der Waals surface area contributed by atoms with E-state index in [-0.39, 0.29) is 11.6 Å². The van der Waals surface area contributed by atoms with E-state index >= 15 is 0 Å². The second-order valence-corrected chi connectivity index (χ2v) is 5.69. The van der Waals surface area contributed by atoms with Crippen molar-refractivity contribution in [2.75, 3.05) is 11.9 Å². The van der Waals surface area contributed by atoms with E-state index in [9.17, 15) is 15.0 Å². The summed E-state index contributed by atoms with van der Waals surface area (Å²) in [7, 11) is 0. The predicted octanol–water partition coefficient (Wildman–Crippen LogP) is 2.49. The van der Waals surface area contributed by atoms with Crippen LogP contribution in [0.1, 0.15) is 25.0 Å². The van der Waals surface area contributed by atoms with E-state index < -0.39 is 11.5 Å². The van der Waals surface area contributed by atoms with Gasteiger partial charge in [-0.25, -0.2) is 4.79 Å². The van der Waals surface area contributed by atoms with Crippen LogP contribution >= 0.6 is 0 Å². The van der Waals surface area contributed by atoms with Crippen LogP contribution in [0, 0.1) is 5.41 Å². The van der Waals surface area contributed by atoms with Crippen molar-refractivity contribution < 1.29 is 19.7 Å². The summed E-state index contributed by atoms with van der Waals surface area (Å²) < 4.78 is 5.38. The number of anilines is 1. The van der Waals surface area contributed by atoms with Gasteiger partial charge in [0.15, 0.2) is 5.54 Å². The maximum Gasteiger partial charge on any atom is 0.333 e. The Balaban J connectivity index is 2.41. The smallest absolute Gasteiger partial charge is 0.333 e. The van der Waals surface area contributed by atoms with Gasteiger partial charge in [0, 0.05) is 17.3 Å². The van der Waals surface area contributed by atoms with Crippen LogP contribution in [0.3, 0.4) is 0 Å². The third-order valence-corrected chi connectivity index (χ3v) is 3.80. The van der Waals surface area contributed by atoms with Gasteiger partial charge in [0.05, 0.1) is 6.61 Å². The molecule has 2 rings (SSSR count). The summed E-state index contributed by atoms with van der Waals surface area (Å²) in [5.41, 5.74) is 5.35. The number of nitrogen functional groups attached to an aromatic ring is 1. The van der Waals surface area contributed by atoms with Gasteiger partial charge >= 0.3 is 5.97 Å². The summed E-state index contributed by atoms with van der Waals surface area (Å²) >= 11 is 0. The van der Waals surface area contributed by atoms with Crippen molar-refractivity contribution in [1.82, 2.24) is 0 Å². The number of aromatic hydroxyl groups is 1. The molecule has 0 bridgehead atoms. The number of nitrogens with one attached hydrogen (secondary N) is 2. The first-order chi connectivity index (χ1) is 11.8. The number of hydrogen-bond acceptors (Lipinski definition) is 5. The summed E-state index contributed by atoms with van der Waals surface area (Å²) in [6, 6.07) is 10.9. The lowest BCUT2D eigenvalue weighted by atomic mass is 9.91. The minimum Gasteiger partial charge on any atom is -0.508 e. The number of hydrogen-bond donors (Lipinski definition) is 5. The zero-order valence-corrected chi connectivity index (χ0v) is 14.0. The monoisotopic (exact) mass is 343 g/mol. The van der Waals surface area contributed by atoms with Gasteiger partial charge in [0.2, 0.25) is 0 Å². The molecule has 0 saturated heterocycles. The minimum absolute atomic E-state index is 0.0677. The third kappa shape index (κ3) is 4.00. The zero-order chi connectivity index (χ0) is 18.6. The van der Waals surface area contributed by atoms with Gasteiger partial charge in [-0.1, -0.05) is 0 Å². The van der Waals surface area contributed by atoms with Gasteiger partial charge in [0.1, 0.15) is 17.3 Å². The lowest BCUT2D eigenvalue weighted by molar-refractivity contribution is -0.142. The molecule has 0 heterocycles. The summed E-state index contributed by atoms with van der Waals surface area (Å²) in [6.45, 7) is 3.69. The number of ether oxygens (including phenoxy) is 1. The van der Waals surface area contributed by atoms with Crippen LogP contribution in [-0.4, -0.2) is 28.6 Å². The highest BCUT2D eigenvalue weighted by Crippen LogP contribution is 2.32. The predicted molar refractivity (Wildman–Crippen MR) is 95.3 cm³/mol. The van der Waals surface area contributed by atoms with Gasteiger partial charge in [0.25, 0.3) is 0 Å². The van der Waals surface area contributed by atoms with Crippen LogP contribution in [0.2, 0.25) is 0 Å². The molecule has 25 heavy (non-hydrogen) atoms. The van der Waals surface area contributed by atoms with Crippen molar-refractivity contribution in [3.8, 4) is 11.5 Å². The van der Waals surface area contributed by atoms with E-state index in [1.165, 1.54) is 19.1 Å². The number of aliphatic carboxylic acids is 1. The Kier molecular flexibility index (Phi) is 5.17. The fraction of sp³-hybridized carbons (Fsp3) is 0.222. The second kappa shape index (κ2) is 7.12. The Morgan fingerprint density at radius 3 is 2.44 bits per heavy atom. The fourth-order valence-corrected chi connectivity index (χ4v) is 2.39. The maximum absolute atomic E-state index is 11.9. The highest BCUT2D eigenvalue weighted by molar-refractivity contribution is 5.95. The van der Waals surface area contributed by atoms with E-state index in [1.54, 1.807) is 37.3 Å². The Morgan fingerprint density at radius 1 is 1.28 bits per heavy atom. The molecule has 0 amide bonds. The normalized spacial score (nSPS) is 12.9. The largest absolute Gasteiger partial charge is 0.508 e. The number of nitrogens with two attached hydrogens (primary N) is 1. The van der Waals surface area contributed by atoms with Crippen LogP contribution in [-0.2, 0) is 10.3 Å². The van der Waals surface area contributed by atoms with Gasteiger partial charge in [-0.15, -0.1) is 0 Å². The molecule has 0 radical (unpaired) electrons. The molecule has 0 saturated carbocycles. The Bertz CT molecular complexity index is 789. The molecule has 132 valence electrons. The molecule has 0 aliphatic carbocycles. The average Bonchev–Trinajstić information content (AvgIpc) is 2.54. The highest BCUT2D eigenvalue weighted by Gasteiger charge is 2.36. The molecule has 0 fully saturated rings. The molecule has 0 spiro atoms. The first-order valence-electron chi connectivity index (χ1n) is 7.69. The number of phenols is 1. The number of carboxylic acid groups (broad SMARTS) is 1. The number of carbonyl (C=O) groups is 1. The van der Waals surface area contributed by atoms with Gasteiger partial charge < -0.3 is 26.0 Å². The second-order valence-electron chi connectivity index (χ2n) is 5.69. The third-order valence-electron chi connectivity index (χ3n) is 3.80. The van der Waals surface area contributed by atoms with Crippen LogP contribution in [0.25, 0.3) is 0 Å². The summed E-state index contributed by atoms with van der Waals surface area (Å²) in [4.78, 5) is 11.9. The topological polar surface area (TPSA) is 129 Å². The highest BCUT2D eigenvalue weighted by atomic mass is 16.5. The van der Waals surface area contributed by atoms with Crippen molar-refractivity contribution in [2.45, 2.75) is 19.4 Å². The quantitative estimate of drug-likeness (QED) is 0.388. The van der Waals surface area contributed by atoms with E-state index in [0.29, 0.717) is 29.2 Å². The van der Waals surface area contributed by atoms with Crippen molar-refractivity contribution >= 4 is 17.5 Å². The molecule has 2 aromatic rings. The maximum atomic E-state index is 11.9. The first-order valence-corrected chi connectivity index (χ1v) is 7.69. The van der Waals surface area contributed by atoms with Crippen molar-refractivity contribution in [2.24, 2.45) is 5.73 Å². The van der Waals surface area contributed by atoms with E-state index in [1.807, 2.05) is 0 Å². The van der Waals surface area contributed by atoms with Gasteiger partial charge in [-0.2, -0.15) is 0 Å². The molecule has 0 aromatic heterocycles. The average molecular weight is 343 g/mol. The standard InChI is InChI=1S/C18H21N3O4/c1-3-25-15-9-12(8-14(22)10-15)18(2,17(23)24)21-13-6-4-11(5-7-13)16(19)20/h4-10,21-22H,3H2,1-2H3,(H3,19,20)(H,23,24). The number of benzene rings is 2. The molecule has 7 heteroatoms. The number of rotatable bonds is 7. The van der Waals surface area contributed by atoms with Gasteiger partial charge in [-0.3, -0.25) is 5.41 Å². The van der Waals surface area contributed by atoms with E-state index in [2.05, 4.69) is 5.32 Å². The van der Waals surface area contributed by atoms with Crippen LogP contribution < -0.4 is 15.8 Å². The van der Waals surface area contributed by atoms with Crippen molar-refractivity contribution in [3.63, 3.8) is 0 Å². The molecule has 6 N–H and O–H groups in total. The van der Waals surface area contributed by atoms with Crippen LogP contribution in [0.4, 0.5) is 5.69 Å². The molecule has 0 aliphatic heterocycles. The molecule has 7 nitrogen and oxygen atoms in total. The lowest BCUT2D eigenvalue weighted by Gasteiger charge is -2.28. The lowest BCUT2D eigenvalue weighted by Crippen LogP contribution is -2.40. The molecule has 1 unspecified atom stereocenters. The van der Waals surface area contributed by atoms with E-state index in [0.717, 1.165) is 0 Å². The fourth-order valence-electron chi connectivity index (χ4n) is 2.39. The first kappa shape index (κ1) is 18.1. The Labute approximate surface area is 145 Å². The van der Waals surface area contributed by atoms with Crippen molar-refractivity contribution in [3.05, 3.63) is 53.6 Å². The number of carboxylic acids is 1. The Hall–Kier alpha value is -3.22. The molecule has 1 atom stereocenters. The molecular weight excluding hydrogens is 322 g/mol. The number of amidine groups is 1. The molecular formula is C18H21N3O4. The van der Waals surface area contributed by atoms with E-state index in [4.69, 9.17) is 15.9 Å². The summed E-state index contributed by atoms with van der Waals surface area (Å²) in [5, 5.41) is 30.0. The van der Waals surface area contributed by atoms with Gasteiger partial charge in [-0.05, 0) is 55.8 Å².